The van der Waals surface area contributed by atoms with Gasteiger partial charge in [-0.2, -0.15) is 16.9 Å². The highest BCUT2D eigenvalue weighted by Gasteiger charge is 2.21. The van der Waals surface area contributed by atoms with E-state index in [1.165, 1.54) is 12.8 Å². The number of aromatic nitrogens is 3. The number of hydrogen-bond donors (Lipinski definition) is 1. The monoisotopic (exact) mass is 282 g/mol. The summed E-state index contributed by atoms with van der Waals surface area (Å²) in [5.74, 6) is 3.45. The molecule has 1 atom stereocenters. The predicted molar refractivity (Wildman–Crippen MR) is 76.9 cm³/mol. The minimum atomic E-state index is -0.0805. The molecular weight excluding hydrogens is 260 g/mol. The molecule has 0 aromatic carbocycles. The van der Waals surface area contributed by atoms with Crippen molar-refractivity contribution >= 4 is 17.7 Å². The Balaban J connectivity index is 1.76. The average Bonchev–Trinajstić information content (AvgIpc) is 3.07. The lowest BCUT2D eigenvalue weighted by Gasteiger charge is -2.14. The number of hydrogen-bond acceptors (Lipinski definition) is 4. The highest BCUT2D eigenvalue weighted by atomic mass is 32.2. The van der Waals surface area contributed by atoms with Crippen molar-refractivity contribution in [3.05, 3.63) is 12.2 Å². The van der Waals surface area contributed by atoms with Crippen molar-refractivity contribution in [1.29, 1.82) is 0 Å². The summed E-state index contributed by atoms with van der Waals surface area (Å²) in [5, 5.41) is 7.17. The van der Waals surface area contributed by atoms with E-state index in [0.29, 0.717) is 5.75 Å². The lowest BCUT2D eigenvalue weighted by molar-refractivity contribution is -0.119. The molecule has 0 bridgehead atoms. The smallest absolute Gasteiger partial charge is 0.230 e. The molecule has 5 nitrogen and oxygen atoms in total. The van der Waals surface area contributed by atoms with Crippen LogP contribution in [0.15, 0.2) is 6.33 Å². The zero-order valence-corrected chi connectivity index (χ0v) is 12.4. The summed E-state index contributed by atoms with van der Waals surface area (Å²) in [5.41, 5.74) is 0. The van der Waals surface area contributed by atoms with E-state index >= 15 is 0 Å². The fraction of sp³-hybridized carbons (Fsp3) is 0.769. The van der Waals surface area contributed by atoms with E-state index in [2.05, 4.69) is 22.3 Å². The molecule has 2 rings (SSSR count). The molecule has 1 heterocycles. The van der Waals surface area contributed by atoms with Crippen LogP contribution in [-0.2, 0) is 11.3 Å². The highest BCUT2D eigenvalue weighted by Crippen LogP contribution is 2.32. The standard InChI is InChI=1S/C13H22N4OS/c1-3-6-17-13(14-9-15-17)10(2)16-12(18)8-19-7-11-4-5-11/h9-11H,3-8H2,1-2H3,(H,16,18). The van der Waals surface area contributed by atoms with Gasteiger partial charge in [0.05, 0.1) is 11.8 Å². The van der Waals surface area contributed by atoms with Crippen molar-refractivity contribution in [2.75, 3.05) is 11.5 Å². The van der Waals surface area contributed by atoms with Crippen LogP contribution in [0.2, 0.25) is 0 Å². The maximum Gasteiger partial charge on any atom is 0.230 e. The maximum atomic E-state index is 11.8. The first-order valence-corrected chi connectivity index (χ1v) is 8.11. The number of carbonyl (C=O) groups is 1. The first-order chi connectivity index (χ1) is 9.20. The molecule has 0 radical (unpaired) electrons. The molecule has 1 amide bonds. The van der Waals surface area contributed by atoms with Crippen LogP contribution in [-0.4, -0.2) is 32.2 Å². The van der Waals surface area contributed by atoms with Gasteiger partial charge < -0.3 is 5.32 Å². The lowest BCUT2D eigenvalue weighted by atomic mass is 10.3. The zero-order chi connectivity index (χ0) is 13.7. The molecule has 6 heteroatoms. The number of nitrogens with zero attached hydrogens (tertiary/aromatic N) is 3. The molecule has 106 valence electrons. The average molecular weight is 282 g/mol. The van der Waals surface area contributed by atoms with Gasteiger partial charge >= 0.3 is 0 Å². The van der Waals surface area contributed by atoms with Crippen molar-refractivity contribution < 1.29 is 4.79 Å². The van der Waals surface area contributed by atoms with Crippen molar-refractivity contribution in [3.63, 3.8) is 0 Å². The maximum absolute atomic E-state index is 11.8. The summed E-state index contributed by atoms with van der Waals surface area (Å²) >= 11 is 1.73. The topological polar surface area (TPSA) is 59.8 Å². The molecule has 1 aliphatic carbocycles. The van der Waals surface area contributed by atoms with Crippen LogP contribution in [0.3, 0.4) is 0 Å². The Kier molecular flexibility index (Phi) is 5.24. The van der Waals surface area contributed by atoms with Gasteiger partial charge in [0, 0.05) is 6.54 Å². The Morgan fingerprint density at radius 3 is 3.11 bits per heavy atom. The molecule has 1 aromatic heterocycles. The highest BCUT2D eigenvalue weighted by molar-refractivity contribution is 7.99. The van der Waals surface area contributed by atoms with Gasteiger partial charge in [-0.05, 0) is 37.9 Å². The summed E-state index contributed by atoms with van der Waals surface area (Å²) in [6.07, 6.45) is 5.24. The normalized spacial score (nSPS) is 16.3. The quantitative estimate of drug-likeness (QED) is 0.792. The SMILES string of the molecule is CCCn1ncnc1C(C)NC(=O)CSCC1CC1. The molecule has 0 spiro atoms. The van der Waals surface area contributed by atoms with Gasteiger partial charge in [-0.15, -0.1) is 0 Å². The van der Waals surface area contributed by atoms with E-state index in [0.717, 1.165) is 30.5 Å². The van der Waals surface area contributed by atoms with E-state index in [1.54, 1.807) is 18.1 Å². The summed E-state index contributed by atoms with van der Waals surface area (Å²) in [4.78, 5) is 16.1. The van der Waals surface area contributed by atoms with Gasteiger partial charge in [-0.3, -0.25) is 4.79 Å². The van der Waals surface area contributed by atoms with Crippen molar-refractivity contribution in [2.24, 2.45) is 5.92 Å². The fourth-order valence-corrected chi connectivity index (χ4v) is 3.00. The second kappa shape index (κ2) is 6.93. The molecule has 1 unspecified atom stereocenters. The molecule has 0 saturated heterocycles. The molecule has 1 N–H and O–H groups in total. The number of thioether (sulfide) groups is 1. The number of carbonyl (C=O) groups excluding carboxylic acids is 1. The minimum Gasteiger partial charge on any atom is -0.346 e. The van der Waals surface area contributed by atoms with Crippen LogP contribution in [0.5, 0.6) is 0 Å². The number of aryl methyl sites for hydroxylation is 1. The van der Waals surface area contributed by atoms with Gasteiger partial charge in [0.1, 0.15) is 12.2 Å². The van der Waals surface area contributed by atoms with Gasteiger partial charge in [0.15, 0.2) is 0 Å². The molecule has 1 aromatic rings. The van der Waals surface area contributed by atoms with E-state index in [4.69, 9.17) is 0 Å². The third kappa shape index (κ3) is 4.53. The van der Waals surface area contributed by atoms with E-state index in [1.807, 2.05) is 11.6 Å². The van der Waals surface area contributed by atoms with Crippen LogP contribution in [0.25, 0.3) is 0 Å². The van der Waals surface area contributed by atoms with E-state index in [9.17, 15) is 4.79 Å². The number of amides is 1. The number of nitrogens with one attached hydrogen (secondary N) is 1. The molecule has 0 aliphatic heterocycles. The summed E-state index contributed by atoms with van der Waals surface area (Å²) < 4.78 is 1.86. The first-order valence-electron chi connectivity index (χ1n) is 6.95. The Morgan fingerprint density at radius 2 is 2.42 bits per heavy atom. The van der Waals surface area contributed by atoms with Crippen molar-refractivity contribution in [1.82, 2.24) is 20.1 Å². The third-order valence-electron chi connectivity index (χ3n) is 3.13. The van der Waals surface area contributed by atoms with Crippen LogP contribution >= 0.6 is 11.8 Å². The van der Waals surface area contributed by atoms with Gasteiger partial charge in [0.2, 0.25) is 5.91 Å². The first kappa shape index (κ1) is 14.4. The second-order valence-corrected chi connectivity index (χ2v) is 6.12. The fourth-order valence-electron chi connectivity index (χ4n) is 1.94. The van der Waals surface area contributed by atoms with Crippen LogP contribution < -0.4 is 5.32 Å². The van der Waals surface area contributed by atoms with Crippen LogP contribution in [0, 0.1) is 5.92 Å². The summed E-state index contributed by atoms with van der Waals surface area (Å²) in [7, 11) is 0. The van der Waals surface area contributed by atoms with E-state index in [-0.39, 0.29) is 11.9 Å². The molecular formula is C13H22N4OS. The molecule has 1 fully saturated rings. The molecule has 19 heavy (non-hydrogen) atoms. The van der Waals surface area contributed by atoms with Crippen molar-refractivity contribution in [3.8, 4) is 0 Å². The Morgan fingerprint density at radius 1 is 1.63 bits per heavy atom. The second-order valence-electron chi connectivity index (χ2n) is 5.09. The molecule has 1 aliphatic rings. The van der Waals surface area contributed by atoms with Gasteiger partial charge in [-0.25, -0.2) is 9.67 Å². The summed E-state index contributed by atoms with van der Waals surface area (Å²) in [6.45, 7) is 4.90. The Labute approximate surface area is 118 Å². The van der Waals surface area contributed by atoms with Gasteiger partial charge in [0.25, 0.3) is 0 Å². The molecule has 1 saturated carbocycles. The van der Waals surface area contributed by atoms with Crippen LogP contribution in [0.1, 0.15) is 45.0 Å². The van der Waals surface area contributed by atoms with E-state index < -0.39 is 0 Å². The van der Waals surface area contributed by atoms with Crippen molar-refractivity contribution in [2.45, 2.75) is 45.7 Å². The Bertz CT molecular complexity index is 417. The zero-order valence-electron chi connectivity index (χ0n) is 11.6. The Hall–Kier alpha value is -1.04. The van der Waals surface area contributed by atoms with Crippen LogP contribution in [0.4, 0.5) is 0 Å². The third-order valence-corrected chi connectivity index (χ3v) is 4.30. The summed E-state index contributed by atoms with van der Waals surface area (Å²) in [6, 6.07) is -0.0805. The number of rotatable bonds is 8. The van der Waals surface area contributed by atoms with Gasteiger partial charge in [-0.1, -0.05) is 6.92 Å². The minimum absolute atomic E-state index is 0.0805. The lowest BCUT2D eigenvalue weighted by Crippen LogP contribution is -2.30. The largest absolute Gasteiger partial charge is 0.346 e. The predicted octanol–water partition coefficient (Wildman–Crippen LogP) is 2.01.